The van der Waals surface area contributed by atoms with Crippen LogP contribution in [0.15, 0.2) is 64.9 Å². The van der Waals surface area contributed by atoms with Crippen LogP contribution in [0.1, 0.15) is 11.1 Å². The zero-order chi connectivity index (χ0) is 18.4. The van der Waals surface area contributed by atoms with E-state index in [0.29, 0.717) is 5.16 Å². The largest absolute Gasteiger partial charge is 0.305 e. The molecule has 0 atom stereocenters. The second-order valence-corrected chi connectivity index (χ2v) is 6.67. The third-order valence-electron chi connectivity index (χ3n) is 3.68. The molecule has 7 heteroatoms. The van der Waals surface area contributed by atoms with Gasteiger partial charge in [-0.2, -0.15) is 5.10 Å². The topological polar surface area (TPSA) is 72.2 Å². The van der Waals surface area contributed by atoms with Gasteiger partial charge in [0.25, 0.3) is 5.91 Å². The van der Waals surface area contributed by atoms with Crippen LogP contribution in [0.5, 0.6) is 0 Å². The van der Waals surface area contributed by atoms with Gasteiger partial charge in [0, 0.05) is 12.6 Å². The summed E-state index contributed by atoms with van der Waals surface area (Å²) in [5.41, 5.74) is 5.63. The van der Waals surface area contributed by atoms with Crippen molar-refractivity contribution in [1.82, 2.24) is 20.2 Å². The minimum absolute atomic E-state index is 0.192. The highest BCUT2D eigenvalue weighted by Gasteiger charge is 2.12. The first-order valence-electron chi connectivity index (χ1n) is 8.09. The summed E-state index contributed by atoms with van der Waals surface area (Å²) in [5, 5.41) is 13.0. The van der Waals surface area contributed by atoms with Gasteiger partial charge in [0.2, 0.25) is 0 Å². The molecule has 0 spiro atoms. The fraction of sp³-hybridized carbons (Fsp3) is 0.158. The minimum atomic E-state index is -0.192. The van der Waals surface area contributed by atoms with Gasteiger partial charge in [-0.05, 0) is 12.5 Å². The third-order valence-corrected chi connectivity index (χ3v) is 4.70. The first-order valence-corrected chi connectivity index (χ1v) is 9.08. The smallest absolute Gasteiger partial charge is 0.250 e. The van der Waals surface area contributed by atoms with Crippen LogP contribution in [-0.2, 0) is 11.8 Å². The van der Waals surface area contributed by atoms with Crippen molar-refractivity contribution in [1.29, 1.82) is 0 Å². The van der Waals surface area contributed by atoms with Crippen molar-refractivity contribution < 1.29 is 4.79 Å². The van der Waals surface area contributed by atoms with Gasteiger partial charge >= 0.3 is 0 Å². The van der Waals surface area contributed by atoms with Crippen molar-refractivity contribution >= 4 is 23.9 Å². The Bertz CT molecular complexity index is 903. The second-order valence-electron chi connectivity index (χ2n) is 5.72. The van der Waals surface area contributed by atoms with E-state index in [4.69, 9.17) is 0 Å². The van der Waals surface area contributed by atoms with E-state index in [9.17, 15) is 4.79 Å². The van der Waals surface area contributed by atoms with E-state index in [1.165, 1.54) is 17.3 Å². The SMILES string of the molecule is Cc1ccc(/C=N/NC(=O)CSc2nnc(-c3ccccc3)n2C)cc1. The number of carbonyl (C=O) groups excluding carboxylic acids is 1. The first kappa shape index (κ1) is 17.9. The number of benzene rings is 2. The number of thioether (sulfide) groups is 1. The highest BCUT2D eigenvalue weighted by molar-refractivity contribution is 7.99. The Morgan fingerprint density at radius 1 is 1.15 bits per heavy atom. The van der Waals surface area contributed by atoms with Crippen LogP contribution in [-0.4, -0.2) is 32.6 Å². The van der Waals surface area contributed by atoms with Gasteiger partial charge in [-0.1, -0.05) is 71.9 Å². The molecule has 0 aliphatic carbocycles. The Kier molecular flexibility index (Phi) is 5.80. The Balaban J connectivity index is 1.53. The van der Waals surface area contributed by atoms with E-state index >= 15 is 0 Å². The van der Waals surface area contributed by atoms with Crippen molar-refractivity contribution in [3.05, 3.63) is 65.7 Å². The van der Waals surface area contributed by atoms with Crippen molar-refractivity contribution in [3.8, 4) is 11.4 Å². The highest BCUT2D eigenvalue weighted by Crippen LogP contribution is 2.22. The van der Waals surface area contributed by atoms with Gasteiger partial charge in [-0.15, -0.1) is 10.2 Å². The number of hydrogen-bond donors (Lipinski definition) is 1. The molecule has 1 amide bonds. The number of nitrogens with one attached hydrogen (secondary N) is 1. The number of rotatable bonds is 6. The Morgan fingerprint density at radius 3 is 2.62 bits per heavy atom. The van der Waals surface area contributed by atoms with Crippen LogP contribution in [0.2, 0.25) is 0 Å². The fourth-order valence-corrected chi connectivity index (χ4v) is 2.98. The van der Waals surface area contributed by atoms with E-state index in [1.54, 1.807) is 6.21 Å². The van der Waals surface area contributed by atoms with Crippen LogP contribution in [0.25, 0.3) is 11.4 Å². The number of hydrazone groups is 1. The number of carbonyl (C=O) groups is 1. The number of aryl methyl sites for hydroxylation is 1. The molecule has 0 aliphatic heterocycles. The highest BCUT2D eigenvalue weighted by atomic mass is 32.2. The monoisotopic (exact) mass is 365 g/mol. The number of hydrogen-bond acceptors (Lipinski definition) is 5. The predicted molar refractivity (Wildman–Crippen MR) is 104 cm³/mol. The second kappa shape index (κ2) is 8.44. The summed E-state index contributed by atoms with van der Waals surface area (Å²) in [7, 11) is 1.89. The Hall–Kier alpha value is -2.93. The minimum Gasteiger partial charge on any atom is -0.305 e. The molecule has 2 aromatic carbocycles. The van der Waals surface area contributed by atoms with Crippen molar-refractivity contribution in [2.24, 2.45) is 12.1 Å². The molecule has 1 heterocycles. The van der Waals surface area contributed by atoms with Crippen LogP contribution >= 0.6 is 11.8 Å². The summed E-state index contributed by atoms with van der Waals surface area (Å²) in [4.78, 5) is 11.9. The predicted octanol–water partition coefficient (Wildman–Crippen LogP) is 3.03. The molecule has 132 valence electrons. The number of nitrogens with zero attached hydrogens (tertiary/aromatic N) is 4. The summed E-state index contributed by atoms with van der Waals surface area (Å²) in [6.07, 6.45) is 1.62. The molecule has 26 heavy (non-hydrogen) atoms. The van der Waals surface area contributed by atoms with Gasteiger partial charge < -0.3 is 4.57 Å². The molecule has 0 saturated heterocycles. The normalized spacial score (nSPS) is 11.0. The van der Waals surface area contributed by atoms with E-state index < -0.39 is 0 Å². The van der Waals surface area contributed by atoms with Gasteiger partial charge in [0.1, 0.15) is 0 Å². The summed E-state index contributed by atoms with van der Waals surface area (Å²) < 4.78 is 1.88. The molecule has 1 aromatic heterocycles. The van der Waals surface area contributed by atoms with Gasteiger partial charge in [0.15, 0.2) is 11.0 Å². The van der Waals surface area contributed by atoms with Gasteiger partial charge in [0.05, 0.1) is 12.0 Å². The summed E-state index contributed by atoms with van der Waals surface area (Å²) in [6, 6.07) is 17.7. The lowest BCUT2D eigenvalue weighted by atomic mass is 10.2. The van der Waals surface area contributed by atoms with E-state index in [1.807, 2.05) is 73.1 Å². The maximum Gasteiger partial charge on any atom is 0.250 e. The number of aromatic nitrogens is 3. The average molecular weight is 365 g/mol. The Morgan fingerprint density at radius 2 is 1.88 bits per heavy atom. The molecule has 0 bridgehead atoms. The maximum atomic E-state index is 11.9. The molecule has 0 fully saturated rings. The number of amides is 1. The standard InChI is InChI=1S/C19H19N5OS/c1-14-8-10-15(11-9-14)12-20-21-17(25)13-26-19-23-22-18(24(19)2)16-6-4-3-5-7-16/h3-12H,13H2,1-2H3,(H,21,25)/b20-12+. The Labute approximate surface area is 156 Å². The summed E-state index contributed by atoms with van der Waals surface area (Å²) in [6.45, 7) is 2.02. The zero-order valence-corrected chi connectivity index (χ0v) is 15.4. The van der Waals surface area contributed by atoms with Crippen LogP contribution in [0, 0.1) is 6.92 Å². The lowest BCUT2D eigenvalue weighted by Crippen LogP contribution is -2.19. The van der Waals surface area contributed by atoms with Crippen LogP contribution in [0.4, 0.5) is 0 Å². The lowest BCUT2D eigenvalue weighted by Gasteiger charge is -2.03. The first-order chi connectivity index (χ1) is 12.6. The van der Waals surface area contributed by atoms with Crippen LogP contribution in [0.3, 0.4) is 0 Å². The molecule has 1 N–H and O–H groups in total. The van der Waals surface area contributed by atoms with Crippen molar-refractivity contribution in [3.63, 3.8) is 0 Å². The van der Waals surface area contributed by atoms with Crippen molar-refractivity contribution in [2.75, 3.05) is 5.75 Å². The molecular weight excluding hydrogens is 346 g/mol. The molecule has 6 nitrogen and oxygen atoms in total. The van der Waals surface area contributed by atoms with Crippen molar-refractivity contribution in [2.45, 2.75) is 12.1 Å². The molecular formula is C19H19N5OS. The zero-order valence-electron chi connectivity index (χ0n) is 14.6. The third kappa shape index (κ3) is 4.58. The van der Waals surface area contributed by atoms with Crippen LogP contribution < -0.4 is 5.43 Å². The molecule has 0 unspecified atom stereocenters. The lowest BCUT2D eigenvalue weighted by molar-refractivity contribution is -0.118. The van der Waals surface area contributed by atoms with E-state index in [2.05, 4.69) is 20.7 Å². The van der Waals surface area contributed by atoms with E-state index in [-0.39, 0.29) is 11.7 Å². The molecule has 0 saturated carbocycles. The molecule has 3 aromatic rings. The molecule has 0 radical (unpaired) electrons. The summed E-state index contributed by atoms with van der Waals surface area (Å²) in [5.74, 6) is 0.792. The fourth-order valence-electron chi connectivity index (χ4n) is 2.27. The van der Waals surface area contributed by atoms with Gasteiger partial charge in [-0.3, -0.25) is 4.79 Å². The summed E-state index contributed by atoms with van der Waals surface area (Å²) >= 11 is 1.32. The van der Waals surface area contributed by atoms with E-state index in [0.717, 1.165) is 17.0 Å². The quantitative estimate of drug-likeness (QED) is 0.414. The van der Waals surface area contributed by atoms with Gasteiger partial charge in [-0.25, -0.2) is 5.43 Å². The molecule has 3 rings (SSSR count). The average Bonchev–Trinajstić information content (AvgIpc) is 3.03. The molecule has 0 aliphatic rings. The maximum absolute atomic E-state index is 11.9.